The molecule has 2 bridgehead atoms. The summed E-state index contributed by atoms with van der Waals surface area (Å²) in [6.45, 7) is 0.866. The van der Waals surface area contributed by atoms with Crippen molar-refractivity contribution >= 4 is 22.5 Å². The number of phenolic OH excluding ortho intramolecular Hbond substituents is 1. The van der Waals surface area contributed by atoms with Crippen LogP contribution in [0.15, 0.2) is 36.4 Å². The van der Waals surface area contributed by atoms with Crippen LogP contribution in [0.3, 0.4) is 0 Å². The van der Waals surface area contributed by atoms with Gasteiger partial charge in [-0.15, -0.1) is 0 Å². The number of halogens is 1. The summed E-state index contributed by atoms with van der Waals surface area (Å²) in [5.41, 5.74) is 3.15. The molecule has 2 N–H and O–H groups in total. The summed E-state index contributed by atoms with van der Waals surface area (Å²) in [6, 6.07) is 11.6. The zero-order valence-electron chi connectivity index (χ0n) is 16.5. The van der Waals surface area contributed by atoms with Crippen molar-refractivity contribution in [3.63, 3.8) is 0 Å². The van der Waals surface area contributed by atoms with E-state index in [0.29, 0.717) is 17.2 Å². The molecular formula is C24H21ClN2O3. The standard InChI is InChI=1S/C24H21ClN2O3/c1-27-8-7-23-18-12-5-6-16(28)21(18)30-22(23)20-14(11-24(23,29)17(27)10-12)9-13-3-2-4-15(25)19(13)26-20/h2-6,9,17,22,28-29H,7-8,10-11H2,1H3/t17-,22+,23+,24-/m1/s1. The first-order chi connectivity index (χ1) is 14.4. The summed E-state index contributed by atoms with van der Waals surface area (Å²) in [7, 11) is 2.10. The van der Waals surface area contributed by atoms with Gasteiger partial charge in [-0.25, -0.2) is 4.98 Å². The lowest BCUT2D eigenvalue weighted by Gasteiger charge is -2.62. The number of benzene rings is 2. The highest BCUT2D eigenvalue weighted by molar-refractivity contribution is 6.35. The Hall–Kier alpha value is -2.34. The Balaban J connectivity index is 1.59. The number of fused-ring (bicyclic) bond motifs is 3. The van der Waals surface area contributed by atoms with Crippen LogP contribution in [0.25, 0.3) is 10.9 Å². The molecule has 2 aromatic carbocycles. The molecule has 0 unspecified atom stereocenters. The Labute approximate surface area is 178 Å². The monoisotopic (exact) mass is 420 g/mol. The summed E-state index contributed by atoms with van der Waals surface area (Å²) in [5.74, 6) is 0.658. The molecule has 7 rings (SSSR count). The summed E-state index contributed by atoms with van der Waals surface area (Å²) >= 11 is 6.47. The molecular weight excluding hydrogens is 400 g/mol. The van der Waals surface area contributed by atoms with Gasteiger partial charge in [0.05, 0.1) is 27.2 Å². The van der Waals surface area contributed by atoms with Crippen LogP contribution in [-0.2, 0) is 18.3 Å². The fourth-order valence-electron chi connectivity index (χ4n) is 6.80. The number of likely N-dealkylation sites (N-methyl/N-ethyl adjacent to an activating group) is 1. The maximum absolute atomic E-state index is 12.4. The molecule has 5 nitrogen and oxygen atoms in total. The lowest BCUT2D eigenvalue weighted by atomic mass is 9.49. The van der Waals surface area contributed by atoms with Gasteiger partial charge in [-0.2, -0.15) is 0 Å². The summed E-state index contributed by atoms with van der Waals surface area (Å²) in [4.78, 5) is 7.27. The normalized spacial score (nSPS) is 33.2. The molecule has 30 heavy (non-hydrogen) atoms. The Morgan fingerprint density at radius 3 is 2.97 bits per heavy atom. The molecule has 1 saturated heterocycles. The topological polar surface area (TPSA) is 65.8 Å². The quantitative estimate of drug-likeness (QED) is 0.582. The van der Waals surface area contributed by atoms with Crippen LogP contribution in [-0.4, -0.2) is 45.3 Å². The number of hydrogen-bond acceptors (Lipinski definition) is 5. The van der Waals surface area contributed by atoms with Gasteiger partial charge in [-0.05, 0) is 55.8 Å². The summed E-state index contributed by atoms with van der Waals surface area (Å²) in [5, 5.41) is 24.6. The third-order valence-electron chi connectivity index (χ3n) is 8.10. The van der Waals surface area contributed by atoms with Crippen LogP contribution in [0.5, 0.6) is 11.5 Å². The second-order valence-corrected chi connectivity index (χ2v) is 9.72. The van der Waals surface area contributed by atoms with E-state index in [1.807, 2.05) is 24.3 Å². The highest BCUT2D eigenvalue weighted by Crippen LogP contribution is 2.68. The van der Waals surface area contributed by atoms with E-state index in [4.69, 9.17) is 21.3 Å². The molecule has 6 heteroatoms. The minimum atomic E-state index is -0.988. The number of para-hydroxylation sites is 1. The van der Waals surface area contributed by atoms with Gasteiger partial charge in [0.2, 0.25) is 0 Å². The van der Waals surface area contributed by atoms with E-state index < -0.39 is 17.1 Å². The van der Waals surface area contributed by atoms with Gasteiger partial charge in [-0.1, -0.05) is 29.8 Å². The third-order valence-corrected chi connectivity index (χ3v) is 8.40. The summed E-state index contributed by atoms with van der Waals surface area (Å²) < 4.78 is 6.49. The number of phenols is 1. The van der Waals surface area contributed by atoms with Crippen LogP contribution in [0, 0.1) is 0 Å². The maximum atomic E-state index is 12.4. The van der Waals surface area contributed by atoms with Gasteiger partial charge in [0.25, 0.3) is 0 Å². The number of aromatic hydroxyl groups is 1. The van der Waals surface area contributed by atoms with E-state index >= 15 is 0 Å². The fraction of sp³-hybridized carbons (Fsp3) is 0.375. The Morgan fingerprint density at radius 2 is 2.10 bits per heavy atom. The van der Waals surface area contributed by atoms with Gasteiger partial charge in [0, 0.05) is 23.4 Å². The Kier molecular flexibility index (Phi) is 3.05. The highest BCUT2D eigenvalue weighted by atomic mass is 35.5. The van der Waals surface area contributed by atoms with Crippen LogP contribution < -0.4 is 4.74 Å². The van der Waals surface area contributed by atoms with Gasteiger partial charge < -0.3 is 19.8 Å². The van der Waals surface area contributed by atoms with E-state index in [0.717, 1.165) is 52.7 Å². The number of likely N-dealkylation sites (tertiary alicyclic amines) is 1. The average Bonchev–Trinajstić information content (AvgIpc) is 3.07. The molecule has 3 heterocycles. The second kappa shape index (κ2) is 5.28. The average molecular weight is 421 g/mol. The maximum Gasteiger partial charge on any atom is 0.166 e. The number of pyridine rings is 1. The van der Waals surface area contributed by atoms with Gasteiger partial charge in [0.1, 0.15) is 0 Å². The highest BCUT2D eigenvalue weighted by Gasteiger charge is 2.72. The first-order valence-electron chi connectivity index (χ1n) is 10.5. The minimum Gasteiger partial charge on any atom is -0.504 e. The van der Waals surface area contributed by atoms with Crippen molar-refractivity contribution in [1.82, 2.24) is 9.88 Å². The number of hydrogen-bond donors (Lipinski definition) is 2. The lowest BCUT2D eigenvalue weighted by molar-refractivity contribution is -0.167. The molecule has 1 spiro atoms. The number of piperidine rings is 1. The Bertz CT molecular complexity index is 1280. The fourth-order valence-corrected chi connectivity index (χ4v) is 7.03. The van der Waals surface area contributed by atoms with Crippen LogP contribution in [0.2, 0.25) is 5.02 Å². The van der Waals surface area contributed by atoms with E-state index in [2.05, 4.69) is 18.0 Å². The SMILES string of the molecule is CN1CC[C@]23c4c5ccc(O)c4O[C@H]2c2nc4c(Cl)cccc4cc2C[C@@]3(O)[C@H]1C5. The van der Waals surface area contributed by atoms with Crippen LogP contribution >= 0.6 is 11.6 Å². The third kappa shape index (κ3) is 1.74. The molecule has 152 valence electrons. The predicted octanol–water partition coefficient (Wildman–Crippen LogP) is 3.51. The van der Waals surface area contributed by atoms with Crippen molar-refractivity contribution in [2.75, 3.05) is 13.6 Å². The summed E-state index contributed by atoms with van der Waals surface area (Å²) in [6.07, 6.45) is 1.58. The van der Waals surface area contributed by atoms with Crippen LogP contribution in [0.4, 0.5) is 0 Å². The second-order valence-electron chi connectivity index (χ2n) is 9.31. The van der Waals surface area contributed by atoms with Gasteiger partial charge >= 0.3 is 0 Å². The largest absolute Gasteiger partial charge is 0.504 e. The van der Waals surface area contributed by atoms with E-state index in [-0.39, 0.29) is 11.8 Å². The van der Waals surface area contributed by atoms with Crippen LogP contribution in [0.1, 0.15) is 34.9 Å². The molecule has 0 saturated carbocycles. The first-order valence-corrected chi connectivity index (χ1v) is 10.8. The molecule has 2 aliphatic heterocycles. The number of ether oxygens (including phenoxy) is 1. The van der Waals surface area contributed by atoms with Gasteiger partial charge in [0.15, 0.2) is 17.6 Å². The molecule has 0 radical (unpaired) electrons. The van der Waals surface area contributed by atoms with E-state index in [1.165, 1.54) is 0 Å². The zero-order valence-corrected chi connectivity index (χ0v) is 17.3. The molecule has 4 atom stereocenters. The minimum absolute atomic E-state index is 0.0106. The van der Waals surface area contributed by atoms with Crippen molar-refractivity contribution < 1.29 is 14.9 Å². The molecule has 3 aromatic rings. The Morgan fingerprint density at radius 1 is 1.23 bits per heavy atom. The van der Waals surface area contributed by atoms with Crippen molar-refractivity contribution in [2.45, 2.75) is 42.4 Å². The molecule has 2 aliphatic carbocycles. The van der Waals surface area contributed by atoms with Crippen molar-refractivity contribution in [3.05, 3.63) is 63.8 Å². The molecule has 1 aromatic heterocycles. The molecule has 1 fully saturated rings. The predicted molar refractivity (Wildman–Crippen MR) is 113 cm³/mol. The number of aliphatic hydroxyl groups is 1. The van der Waals surface area contributed by atoms with Crippen molar-refractivity contribution in [1.29, 1.82) is 0 Å². The van der Waals surface area contributed by atoms with Crippen molar-refractivity contribution in [2.24, 2.45) is 0 Å². The number of rotatable bonds is 0. The first kappa shape index (κ1) is 17.4. The molecule has 0 amide bonds. The van der Waals surface area contributed by atoms with E-state index in [1.54, 1.807) is 6.07 Å². The van der Waals surface area contributed by atoms with E-state index in [9.17, 15) is 10.2 Å². The van der Waals surface area contributed by atoms with Crippen molar-refractivity contribution in [3.8, 4) is 11.5 Å². The smallest absolute Gasteiger partial charge is 0.166 e. The number of aromatic nitrogens is 1. The van der Waals surface area contributed by atoms with Gasteiger partial charge in [-0.3, -0.25) is 0 Å². The zero-order chi connectivity index (χ0) is 20.4. The molecule has 4 aliphatic rings. The number of nitrogens with zero attached hydrogens (tertiary/aromatic N) is 2. The lowest BCUT2D eigenvalue weighted by Crippen LogP contribution is -2.74.